The van der Waals surface area contributed by atoms with E-state index in [9.17, 15) is 12.8 Å². The van der Waals surface area contributed by atoms with Gasteiger partial charge in [-0.25, -0.2) is 12.8 Å². The van der Waals surface area contributed by atoms with Crippen molar-refractivity contribution in [1.29, 1.82) is 0 Å². The van der Waals surface area contributed by atoms with Crippen molar-refractivity contribution in [1.82, 2.24) is 4.90 Å². The average Bonchev–Trinajstić information content (AvgIpc) is 2.45. The van der Waals surface area contributed by atoms with Gasteiger partial charge in [0.1, 0.15) is 5.67 Å². The summed E-state index contributed by atoms with van der Waals surface area (Å²) in [5.41, 5.74) is 4.24. The first-order chi connectivity index (χ1) is 7.39. The van der Waals surface area contributed by atoms with Crippen LogP contribution in [0.1, 0.15) is 19.3 Å². The zero-order valence-electron chi connectivity index (χ0n) is 9.36. The summed E-state index contributed by atoms with van der Waals surface area (Å²) in [6.45, 7) is 1.82. The molecule has 0 aliphatic carbocycles. The molecule has 0 aromatic rings. The van der Waals surface area contributed by atoms with E-state index in [1.54, 1.807) is 0 Å². The standard InChI is InChI=1S/C10H19FN2O2S/c11-10(3-6-16(14,15)8-10)7-13-4-1-9(12)2-5-13/h9H,1-8,12H2. The van der Waals surface area contributed by atoms with Crippen molar-refractivity contribution < 1.29 is 12.8 Å². The second kappa shape index (κ2) is 4.23. The highest BCUT2D eigenvalue weighted by atomic mass is 32.2. The van der Waals surface area contributed by atoms with Crippen LogP contribution in [0.25, 0.3) is 0 Å². The lowest BCUT2D eigenvalue weighted by Crippen LogP contribution is -2.46. The fourth-order valence-electron chi connectivity index (χ4n) is 2.51. The maximum atomic E-state index is 14.2. The molecule has 0 amide bonds. The number of nitrogens with two attached hydrogens (primary N) is 1. The van der Waals surface area contributed by atoms with Gasteiger partial charge in [-0.1, -0.05) is 0 Å². The topological polar surface area (TPSA) is 63.4 Å². The molecular weight excluding hydrogens is 231 g/mol. The Labute approximate surface area is 95.9 Å². The maximum Gasteiger partial charge on any atom is 0.153 e. The summed E-state index contributed by atoms with van der Waals surface area (Å²) in [6, 6.07) is 0.221. The van der Waals surface area contributed by atoms with Crippen LogP contribution in [0.3, 0.4) is 0 Å². The monoisotopic (exact) mass is 250 g/mol. The molecule has 6 heteroatoms. The van der Waals surface area contributed by atoms with Crippen molar-refractivity contribution in [3.05, 3.63) is 0 Å². The maximum absolute atomic E-state index is 14.2. The van der Waals surface area contributed by atoms with Crippen LogP contribution in [0.15, 0.2) is 0 Å². The molecule has 1 atom stereocenters. The second-order valence-electron chi connectivity index (χ2n) is 5.11. The number of halogens is 1. The summed E-state index contributed by atoms with van der Waals surface area (Å²) in [5, 5.41) is 0. The first-order valence-electron chi connectivity index (χ1n) is 5.76. The van der Waals surface area contributed by atoms with Gasteiger partial charge in [0.05, 0.1) is 11.5 Å². The molecule has 16 heavy (non-hydrogen) atoms. The smallest absolute Gasteiger partial charge is 0.153 e. The summed E-state index contributed by atoms with van der Waals surface area (Å²) in [4.78, 5) is 2.00. The summed E-state index contributed by atoms with van der Waals surface area (Å²) >= 11 is 0. The largest absolute Gasteiger partial charge is 0.328 e. The molecule has 0 aromatic carbocycles. The summed E-state index contributed by atoms with van der Waals surface area (Å²) in [7, 11) is -3.14. The Bertz CT molecular complexity index is 352. The highest BCUT2D eigenvalue weighted by Crippen LogP contribution is 2.29. The Morgan fingerprint density at radius 1 is 1.38 bits per heavy atom. The number of nitrogens with zero attached hydrogens (tertiary/aromatic N) is 1. The van der Waals surface area contributed by atoms with E-state index in [-0.39, 0.29) is 30.5 Å². The second-order valence-corrected chi connectivity index (χ2v) is 7.29. The Balaban J connectivity index is 1.90. The van der Waals surface area contributed by atoms with Crippen LogP contribution in [-0.2, 0) is 9.84 Å². The van der Waals surface area contributed by atoms with Gasteiger partial charge >= 0.3 is 0 Å². The quantitative estimate of drug-likeness (QED) is 0.745. The Hall–Kier alpha value is -0.200. The molecule has 0 bridgehead atoms. The number of likely N-dealkylation sites (tertiary alicyclic amines) is 1. The highest BCUT2D eigenvalue weighted by molar-refractivity contribution is 7.91. The molecule has 2 saturated heterocycles. The van der Waals surface area contributed by atoms with Crippen LogP contribution in [0, 0.1) is 0 Å². The molecule has 0 aromatic heterocycles. The fraction of sp³-hybridized carbons (Fsp3) is 1.00. The van der Waals surface area contributed by atoms with E-state index in [0.29, 0.717) is 0 Å². The summed E-state index contributed by atoms with van der Waals surface area (Å²) in [5.74, 6) is -0.306. The minimum absolute atomic E-state index is 0.00312. The van der Waals surface area contributed by atoms with Crippen LogP contribution in [-0.4, -0.2) is 56.2 Å². The summed E-state index contributed by atoms with van der Waals surface area (Å²) < 4.78 is 36.8. The third-order valence-electron chi connectivity index (χ3n) is 3.48. The predicted molar refractivity (Wildman–Crippen MR) is 60.8 cm³/mol. The van der Waals surface area contributed by atoms with Crippen molar-refractivity contribution in [2.75, 3.05) is 31.1 Å². The molecule has 2 aliphatic heterocycles. The molecule has 2 fully saturated rings. The van der Waals surface area contributed by atoms with Crippen molar-refractivity contribution in [2.45, 2.75) is 31.0 Å². The lowest BCUT2D eigenvalue weighted by Gasteiger charge is -2.33. The molecule has 0 spiro atoms. The van der Waals surface area contributed by atoms with Gasteiger partial charge in [0.15, 0.2) is 9.84 Å². The van der Waals surface area contributed by atoms with Gasteiger partial charge in [0.2, 0.25) is 0 Å². The molecule has 2 N–H and O–H groups in total. The molecular formula is C10H19FN2O2S. The van der Waals surface area contributed by atoms with Crippen LogP contribution >= 0.6 is 0 Å². The molecule has 2 rings (SSSR count). The fourth-order valence-corrected chi connectivity index (χ4v) is 4.36. The van der Waals surface area contributed by atoms with Gasteiger partial charge < -0.3 is 10.6 Å². The number of rotatable bonds is 2. The molecule has 94 valence electrons. The number of hydrogen-bond acceptors (Lipinski definition) is 4. The first-order valence-corrected chi connectivity index (χ1v) is 7.58. The third kappa shape index (κ3) is 2.93. The summed E-state index contributed by atoms with van der Waals surface area (Å²) in [6.07, 6.45) is 1.91. The van der Waals surface area contributed by atoms with Crippen LogP contribution in [0.2, 0.25) is 0 Å². The third-order valence-corrected chi connectivity index (χ3v) is 5.26. The number of piperidine rings is 1. The number of alkyl halides is 1. The molecule has 2 aliphatic rings. The van der Waals surface area contributed by atoms with E-state index in [4.69, 9.17) is 5.73 Å². The molecule has 0 saturated carbocycles. The van der Waals surface area contributed by atoms with E-state index in [1.165, 1.54) is 0 Å². The van der Waals surface area contributed by atoms with Crippen molar-refractivity contribution >= 4 is 9.84 Å². The van der Waals surface area contributed by atoms with Gasteiger partial charge in [0, 0.05) is 12.6 Å². The zero-order chi connectivity index (χ0) is 11.8. The Kier molecular flexibility index (Phi) is 3.25. The van der Waals surface area contributed by atoms with Crippen LogP contribution in [0.5, 0.6) is 0 Å². The SMILES string of the molecule is NC1CCN(CC2(F)CCS(=O)(=O)C2)CC1. The van der Waals surface area contributed by atoms with Gasteiger partial charge in [-0.05, 0) is 32.4 Å². The number of hydrogen-bond donors (Lipinski definition) is 1. The molecule has 0 radical (unpaired) electrons. The van der Waals surface area contributed by atoms with E-state index < -0.39 is 15.5 Å². The molecule has 2 heterocycles. The lowest BCUT2D eigenvalue weighted by molar-refractivity contribution is 0.0972. The van der Waals surface area contributed by atoms with Gasteiger partial charge in [-0.2, -0.15) is 0 Å². The Morgan fingerprint density at radius 2 is 2.00 bits per heavy atom. The predicted octanol–water partition coefficient (Wildman–Crippen LogP) is -0.0637. The van der Waals surface area contributed by atoms with Gasteiger partial charge in [-0.15, -0.1) is 0 Å². The first kappa shape index (κ1) is 12.3. The number of sulfone groups is 1. The van der Waals surface area contributed by atoms with E-state index >= 15 is 0 Å². The average molecular weight is 250 g/mol. The van der Waals surface area contributed by atoms with Crippen molar-refractivity contribution in [3.63, 3.8) is 0 Å². The van der Waals surface area contributed by atoms with Crippen molar-refractivity contribution in [2.24, 2.45) is 5.73 Å². The van der Waals surface area contributed by atoms with Gasteiger partial charge in [-0.3, -0.25) is 0 Å². The lowest BCUT2D eigenvalue weighted by atomic mass is 10.0. The van der Waals surface area contributed by atoms with Gasteiger partial charge in [0.25, 0.3) is 0 Å². The Morgan fingerprint density at radius 3 is 2.50 bits per heavy atom. The van der Waals surface area contributed by atoms with E-state index in [0.717, 1.165) is 25.9 Å². The van der Waals surface area contributed by atoms with E-state index in [1.807, 2.05) is 4.90 Å². The zero-order valence-corrected chi connectivity index (χ0v) is 10.2. The molecule has 4 nitrogen and oxygen atoms in total. The van der Waals surface area contributed by atoms with Crippen molar-refractivity contribution in [3.8, 4) is 0 Å². The minimum Gasteiger partial charge on any atom is -0.328 e. The van der Waals surface area contributed by atoms with Crippen LogP contribution in [0.4, 0.5) is 4.39 Å². The minimum atomic E-state index is -3.14. The normalized spacial score (nSPS) is 36.6. The highest BCUT2D eigenvalue weighted by Gasteiger charge is 2.43. The van der Waals surface area contributed by atoms with Crippen LogP contribution < -0.4 is 5.73 Å². The molecule has 1 unspecified atom stereocenters. The van der Waals surface area contributed by atoms with E-state index in [2.05, 4.69) is 0 Å².